The van der Waals surface area contributed by atoms with Crippen molar-refractivity contribution < 1.29 is 4.79 Å². The van der Waals surface area contributed by atoms with Crippen molar-refractivity contribution in [1.29, 1.82) is 0 Å². The maximum atomic E-state index is 12.0. The van der Waals surface area contributed by atoms with Crippen LogP contribution in [0, 0.1) is 0 Å². The van der Waals surface area contributed by atoms with Crippen LogP contribution in [0.25, 0.3) is 11.0 Å². The van der Waals surface area contributed by atoms with Gasteiger partial charge in [-0.05, 0) is 13.3 Å². The summed E-state index contributed by atoms with van der Waals surface area (Å²) >= 11 is 0. The first-order valence-corrected chi connectivity index (χ1v) is 5.46. The fourth-order valence-corrected chi connectivity index (χ4v) is 1.72. The molecule has 2 heterocycles. The first-order valence-electron chi connectivity index (χ1n) is 5.46. The number of hydrogen-bond acceptors (Lipinski definition) is 4. The number of nitrogens with zero attached hydrogens (tertiary/aromatic N) is 4. The maximum Gasteiger partial charge on any atom is 0.264 e. The van der Waals surface area contributed by atoms with Crippen molar-refractivity contribution in [2.75, 3.05) is 0 Å². The zero-order valence-electron chi connectivity index (χ0n) is 9.88. The highest BCUT2D eigenvalue weighted by Crippen LogP contribution is 2.03. The van der Waals surface area contributed by atoms with E-state index in [1.165, 1.54) is 17.1 Å². The van der Waals surface area contributed by atoms with E-state index in [0.717, 1.165) is 0 Å². The zero-order chi connectivity index (χ0) is 12.4. The van der Waals surface area contributed by atoms with Crippen molar-refractivity contribution in [3.8, 4) is 0 Å². The molecule has 2 aromatic heterocycles. The number of ketones is 1. The summed E-state index contributed by atoms with van der Waals surface area (Å²) in [6.07, 6.45) is 4.17. The van der Waals surface area contributed by atoms with Gasteiger partial charge in [0.1, 0.15) is 11.2 Å². The molecule has 0 aromatic carbocycles. The van der Waals surface area contributed by atoms with Gasteiger partial charge < -0.3 is 4.79 Å². The van der Waals surface area contributed by atoms with Gasteiger partial charge in [-0.3, -0.25) is 14.0 Å². The van der Waals surface area contributed by atoms with E-state index in [1.807, 2.05) is 0 Å². The summed E-state index contributed by atoms with van der Waals surface area (Å²) < 4.78 is 3.09. The van der Waals surface area contributed by atoms with Crippen LogP contribution in [-0.2, 0) is 18.4 Å². The van der Waals surface area contributed by atoms with Crippen LogP contribution in [0.15, 0.2) is 17.3 Å². The minimum Gasteiger partial charge on any atom is -0.300 e. The van der Waals surface area contributed by atoms with Crippen LogP contribution in [0.3, 0.4) is 0 Å². The molecule has 6 heteroatoms. The van der Waals surface area contributed by atoms with Crippen LogP contribution in [0.5, 0.6) is 0 Å². The number of Topliss-reactive ketones (excluding diaryl/α,β-unsaturated/α-hetero) is 1. The van der Waals surface area contributed by atoms with Crippen LogP contribution >= 0.6 is 0 Å². The minimum atomic E-state index is -0.105. The normalized spacial score (nSPS) is 10.9. The highest BCUT2D eigenvalue weighted by Gasteiger charge is 2.07. The number of carbonyl (C=O) groups is 1. The number of aromatic nitrogens is 4. The summed E-state index contributed by atoms with van der Waals surface area (Å²) in [4.78, 5) is 27.0. The fourth-order valence-electron chi connectivity index (χ4n) is 1.72. The van der Waals surface area contributed by atoms with Crippen molar-refractivity contribution in [3.05, 3.63) is 22.9 Å². The van der Waals surface area contributed by atoms with Crippen molar-refractivity contribution in [2.45, 2.75) is 26.3 Å². The van der Waals surface area contributed by atoms with E-state index >= 15 is 0 Å². The van der Waals surface area contributed by atoms with E-state index < -0.39 is 0 Å². The average Bonchev–Trinajstić information content (AvgIpc) is 2.64. The van der Waals surface area contributed by atoms with Crippen molar-refractivity contribution >= 4 is 16.8 Å². The van der Waals surface area contributed by atoms with Gasteiger partial charge in [0.15, 0.2) is 5.65 Å². The molecule has 2 aromatic rings. The van der Waals surface area contributed by atoms with Gasteiger partial charge in [0, 0.05) is 20.0 Å². The molecule has 0 aliphatic heterocycles. The number of fused-ring (bicyclic) bond motifs is 1. The lowest BCUT2D eigenvalue weighted by molar-refractivity contribution is -0.117. The summed E-state index contributed by atoms with van der Waals surface area (Å²) in [6.45, 7) is 2.06. The summed E-state index contributed by atoms with van der Waals surface area (Å²) in [5, 5.41) is 4.50. The molecule has 17 heavy (non-hydrogen) atoms. The van der Waals surface area contributed by atoms with Gasteiger partial charge in [-0.1, -0.05) is 0 Å². The molecular formula is C11H14N4O2. The van der Waals surface area contributed by atoms with Crippen LogP contribution < -0.4 is 5.56 Å². The Hall–Kier alpha value is -1.98. The van der Waals surface area contributed by atoms with Gasteiger partial charge in [0.05, 0.1) is 12.5 Å². The highest BCUT2D eigenvalue weighted by atomic mass is 16.1. The topological polar surface area (TPSA) is 69.8 Å². The largest absolute Gasteiger partial charge is 0.300 e. The fraction of sp³-hybridized carbons (Fsp3) is 0.455. The SMILES string of the molecule is CC(=O)CCCn1cnc2c(cnn2C)c1=O. The Labute approximate surface area is 97.9 Å². The van der Waals surface area contributed by atoms with Gasteiger partial charge in [-0.25, -0.2) is 4.98 Å². The number of carbonyl (C=O) groups excluding carboxylic acids is 1. The van der Waals surface area contributed by atoms with Gasteiger partial charge >= 0.3 is 0 Å². The summed E-state index contributed by atoms with van der Waals surface area (Å²) in [6, 6.07) is 0. The van der Waals surface area contributed by atoms with E-state index in [9.17, 15) is 9.59 Å². The number of aryl methyl sites for hydroxylation is 2. The van der Waals surface area contributed by atoms with Crippen LogP contribution in [-0.4, -0.2) is 25.1 Å². The molecule has 0 radical (unpaired) electrons. The third kappa shape index (κ3) is 2.25. The molecule has 0 saturated heterocycles. The Morgan fingerprint density at radius 2 is 2.24 bits per heavy atom. The second-order valence-electron chi connectivity index (χ2n) is 4.05. The average molecular weight is 234 g/mol. The molecule has 90 valence electrons. The molecule has 2 rings (SSSR count). The predicted octanol–water partition coefficient (Wildman–Crippen LogP) is 0.499. The number of hydrogen-bond donors (Lipinski definition) is 0. The Morgan fingerprint density at radius 1 is 1.47 bits per heavy atom. The zero-order valence-corrected chi connectivity index (χ0v) is 9.88. The standard InChI is InChI=1S/C11H14N4O2/c1-8(16)4-3-5-15-7-12-10-9(11(15)17)6-13-14(10)2/h6-7H,3-5H2,1-2H3. The molecule has 0 unspecified atom stereocenters. The Morgan fingerprint density at radius 3 is 2.94 bits per heavy atom. The van der Waals surface area contributed by atoms with E-state index in [2.05, 4.69) is 10.1 Å². The molecule has 0 aliphatic carbocycles. The van der Waals surface area contributed by atoms with E-state index in [4.69, 9.17) is 0 Å². The van der Waals surface area contributed by atoms with E-state index in [1.54, 1.807) is 18.7 Å². The lowest BCUT2D eigenvalue weighted by Gasteiger charge is -2.03. The number of rotatable bonds is 4. The Bertz CT molecular complexity index is 611. The summed E-state index contributed by atoms with van der Waals surface area (Å²) in [5.41, 5.74) is 0.476. The lowest BCUT2D eigenvalue weighted by Crippen LogP contribution is -2.20. The van der Waals surface area contributed by atoms with Crippen LogP contribution in [0.4, 0.5) is 0 Å². The summed E-state index contributed by atoms with van der Waals surface area (Å²) in [5.74, 6) is 0.133. The monoisotopic (exact) mass is 234 g/mol. The van der Waals surface area contributed by atoms with Crippen molar-refractivity contribution in [3.63, 3.8) is 0 Å². The van der Waals surface area contributed by atoms with Gasteiger partial charge in [-0.15, -0.1) is 0 Å². The smallest absolute Gasteiger partial charge is 0.264 e. The maximum absolute atomic E-state index is 12.0. The molecule has 0 amide bonds. The Kier molecular flexibility index (Phi) is 3.03. The highest BCUT2D eigenvalue weighted by molar-refractivity contribution is 5.75. The lowest BCUT2D eigenvalue weighted by atomic mass is 10.2. The Balaban J connectivity index is 2.27. The molecule has 0 aliphatic rings. The van der Waals surface area contributed by atoms with Gasteiger partial charge in [-0.2, -0.15) is 5.10 Å². The van der Waals surface area contributed by atoms with Crippen molar-refractivity contribution in [2.24, 2.45) is 7.05 Å². The molecule has 0 spiro atoms. The first-order chi connectivity index (χ1) is 8.09. The molecule has 0 bridgehead atoms. The predicted molar refractivity (Wildman–Crippen MR) is 62.7 cm³/mol. The first kappa shape index (κ1) is 11.5. The quantitative estimate of drug-likeness (QED) is 0.772. The third-order valence-electron chi connectivity index (χ3n) is 2.65. The van der Waals surface area contributed by atoms with E-state index in [-0.39, 0.29) is 11.3 Å². The molecule has 6 nitrogen and oxygen atoms in total. The van der Waals surface area contributed by atoms with Gasteiger partial charge in [0.2, 0.25) is 0 Å². The molecular weight excluding hydrogens is 220 g/mol. The van der Waals surface area contributed by atoms with E-state index in [0.29, 0.717) is 30.4 Å². The van der Waals surface area contributed by atoms with Crippen molar-refractivity contribution in [1.82, 2.24) is 19.3 Å². The summed E-state index contributed by atoms with van der Waals surface area (Å²) in [7, 11) is 1.74. The molecule has 0 N–H and O–H groups in total. The second-order valence-corrected chi connectivity index (χ2v) is 4.05. The van der Waals surface area contributed by atoms with Crippen LogP contribution in [0.1, 0.15) is 19.8 Å². The third-order valence-corrected chi connectivity index (χ3v) is 2.65. The molecule has 0 saturated carbocycles. The molecule has 0 atom stereocenters. The van der Waals surface area contributed by atoms with Crippen LogP contribution in [0.2, 0.25) is 0 Å². The molecule has 0 fully saturated rings. The van der Waals surface area contributed by atoms with Gasteiger partial charge in [0.25, 0.3) is 5.56 Å². The second kappa shape index (κ2) is 4.48. The minimum absolute atomic E-state index is 0.105.